The Kier molecular flexibility index (Phi) is 5.09. The molecule has 0 aliphatic heterocycles. The summed E-state index contributed by atoms with van der Waals surface area (Å²) >= 11 is 0. The van der Waals surface area contributed by atoms with Crippen LogP contribution in [0, 0.1) is 12.7 Å². The number of nitrogens with zero attached hydrogens (tertiary/aromatic N) is 2. The SMILES string of the molecule is CCCNc1ncnc(NC(C)c2cccc(F)c2)c1C. The number of hydrogen-bond donors (Lipinski definition) is 2. The van der Waals surface area contributed by atoms with Crippen LogP contribution in [0.3, 0.4) is 0 Å². The molecule has 2 aromatic rings. The van der Waals surface area contributed by atoms with E-state index in [2.05, 4.69) is 27.5 Å². The van der Waals surface area contributed by atoms with Gasteiger partial charge >= 0.3 is 0 Å². The quantitative estimate of drug-likeness (QED) is 0.846. The molecule has 0 spiro atoms. The van der Waals surface area contributed by atoms with Crippen LogP contribution in [-0.2, 0) is 0 Å². The van der Waals surface area contributed by atoms with E-state index in [1.54, 1.807) is 6.07 Å². The lowest BCUT2D eigenvalue weighted by Gasteiger charge is -2.18. The van der Waals surface area contributed by atoms with E-state index >= 15 is 0 Å². The Hall–Kier alpha value is -2.17. The summed E-state index contributed by atoms with van der Waals surface area (Å²) in [4.78, 5) is 8.53. The van der Waals surface area contributed by atoms with Crippen LogP contribution in [0.25, 0.3) is 0 Å². The number of benzene rings is 1. The number of nitrogens with one attached hydrogen (secondary N) is 2. The van der Waals surface area contributed by atoms with E-state index in [9.17, 15) is 4.39 Å². The van der Waals surface area contributed by atoms with Gasteiger partial charge in [0.15, 0.2) is 0 Å². The molecule has 2 rings (SSSR count). The van der Waals surface area contributed by atoms with Crippen molar-refractivity contribution in [1.29, 1.82) is 0 Å². The highest BCUT2D eigenvalue weighted by Crippen LogP contribution is 2.23. The van der Waals surface area contributed by atoms with Gasteiger partial charge in [-0.3, -0.25) is 0 Å². The van der Waals surface area contributed by atoms with Crippen LogP contribution < -0.4 is 10.6 Å². The third kappa shape index (κ3) is 3.90. The van der Waals surface area contributed by atoms with Crippen LogP contribution in [0.5, 0.6) is 0 Å². The average Bonchev–Trinajstić information content (AvgIpc) is 2.48. The average molecular weight is 288 g/mol. The van der Waals surface area contributed by atoms with Crippen molar-refractivity contribution in [2.75, 3.05) is 17.2 Å². The summed E-state index contributed by atoms with van der Waals surface area (Å²) in [5.74, 6) is 1.37. The number of anilines is 2. The zero-order chi connectivity index (χ0) is 15.2. The summed E-state index contributed by atoms with van der Waals surface area (Å²) < 4.78 is 13.3. The standard InChI is InChI=1S/C16H21FN4/c1-4-8-18-15-11(2)16(20-10-19-15)21-12(3)13-6-5-7-14(17)9-13/h5-7,9-10,12H,4,8H2,1-3H3,(H2,18,19,20,21). The van der Waals surface area contributed by atoms with Gasteiger partial charge < -0.3 is 10.6 Å². The second-order valence-electron chi connectivity index (χ2n) is 5.04. The van der Waals surface area contributed by atoms with Crippen molar-refractivity contribution in [2.45, 2.75) is 33.2 Å². The molecule has 0 aliphatic rings. The fourth-order valence-corrected chi connectivity index (χ4v) is 2.08. The summed E-state index contributed by atoms with van der Waals surface area (Å²) in [6.07, 6.45) is 2.57. The number of hydrogen-bond acceptors (Lipinski definition) is 4. The lowest BCUT2D eigenvalue weighted by atomic mass is 10.1. The second kappa shape index (κ2) is 7.02. The predicted octanol–water partition coefficient (Wildman–Crippen LogP) is 3.92. The summed E-state index contributed by atoms with van der Waals surface area (Å²) in [6, 6.07) is 6.55. The zero-order valence-electron chi connectivity index (χ0n) is 12.7. The minimum Gasteiger partial charge on any atom is -0.370 e. The highest BCUT2D eigenvalue weighted by Gasteiger charge is 2.11. The minimum atomic E-state index is -0.231. The van der Waals surface area contributed by atoms with Gasteiger partial charge in [0, 0.05) is 12.1 Å². The molecule has 1 heterocycles. The number of halogens is 1. The first-order valence-corrected chi connectivity index (χ1v) is 7.19. The van der Waals surface area contributed by atoms with Gasteiger partial charge in [-0.1, -0.05) is 19.1 Å². The Morgan fingerprint density at radius 3 is 2.71 bits per heavy atom. The highest BCUT2D eigenvalue weighted by molar-refractivity contribution is 5.57. The molecule has 0 amide bonds. The fourth-order valence-electron chi connectivity index (χ4n) is 2.08. The smallest absolute Gasteiger partial charge is 0.134 e. The highest BCUT2D eigenvalue weighted by atomic mass is 19.1. The first-order chi connectivity index (χ1) is 10.1. The number of rotatable bonds is 6. The molecular formula is C16H21FN4. The van der Waals surface area contributed by atoms with Crippen LogP contribution >= 0.6 is 0 Å². The molecule has 0 bridgehead atoms. The molecule has 0 aliphatic carbocycles. The molecular weight excluding hydrogens is 267 g/mol. The molecule has 2 N–H and O–H groups in total. The number of aromatic nitrogens is 2. The Labute approximate surface area is 124 Å². The fraction of sp³-hybridized carbons (Fsp3) is 0.375. The van der Waals surface area contributed by atoms with Crippen molar-refractivity contribution in [3.63, 3.8) is 0 Å². The van der Waals surface area contributed by atoms with Gasteiger partial charge in [-0.2, -0.15) is 0 Å². The van der Waals surface area contributed by atoms with Crippen LogP contribution in [0.1, 0.15) is 37.4 Å². The van der Waals surface area contributed by atoms with E-state index in [4.69, 9.17) is 0 Å². The molecule has 1 aromatic carbocycles. The van der Waals surface area contributed by atoms with Gasteiger partial charge in [-0.25, -0.2) is 14.4 Å². The van der Waals surface area contributed by atoms with Crippen molar-refractivity contribution < 1.29 is 4.39 Å². The van der Waals surface area contributed by atoms with Gasteiger partial charge in [-0.05, 0) is 38.0 Å². The Bertz CT molecular complexity index is 601. The molecule has 1 unspecified atom stereocenters. The Balaban J connectivity index is 2.15. The molecule has 0 radical (unpaired) electrons. The molecule has 0 saturated carbocycles. The van der Waals surface area contributed by atoms with Crippen molar-refractivity contribution in [1.82, 2.24) is 9.97 Å². The van der Waals surface area contributed by atoms with Crippen LogP contribution in [0.2, 0.25) is 0 Å². The lowest BCUT2D eigenvalue weighted by Crippen LogP contribution is -2.12. The normalized spacial score (nSPS) is 12.0. The first kappa shape index (κ1) is 15.2. The lowest BCUT2D eigenvalue weighted by molar-refractivity contribution is 0.623. The van der Waals surface area contributed by atoms with Crippen molar-refractivity contribution >= 4 is 11.6 Å². The molecule has 0 saturated heterocycles. The maximum atomic E-state index is 13.3. The topological polar surface area (TPSA) is 49.8 Å². The summed E-state index contributed by atoms with van der Waals surface area (Å²) in [5, 5.41) is 6.59. The van der Waals surface area contributed by atoms with Crippen LogP contribution in [0.4, 0.5) is 16.0 Å². The van der Waals surface area contributed by atoms with Gasteiger partial charge in [0.1, 0.15) is 23.8 Å². The van der Waals surface area contributed by atoms with Crippen molar-refractivity contribution in [3.05, 3.63) is 47.5 Å². The van der Waals surface area contributed by atoms with Gasteiger partial charge in [0.2, 0.25) is 0 Å². The van der Waals surface area contributed by atoms with E-state index in [-0.39, 0.29) is 11.9 Å². The molecule has 5 heteroatoms. The van der Waals surface area contributed by atoms with E-state index in [0.29, 0.717) is 0 Å². The third-order valence-electron chi connectivity index (χ3n) is 3.33. The summed E-state index contributed by atoms with van der Waals surface area (Å²) in [7, 11) is 0. The zero-order valence-corrected chi connectivity index (χ0v) is 12.7. The van der Waals surface area contributed by atoms with Crippen LogP contribution in [0.15, 0.2) is 30.6 Å². The van der Waals surface area contributed by atoms with Crippen molar-refractivity contribution in [2.24, 2.45) is 0 Å². The summed E-state index contributed by atoms with van der Waals surface area (Å²) in [6.45, 7) is 6.93. The molecule has 1 atom stereocenters. The van der Waals surface area contributed by atoms with Gasteiger partial charge in [-0.15, -0.1) is 0 Å². The van der Waals surface area contributed by atoms with E-state index in [1.165, 1.54) is 18.5 Å². The van der Waals surface area contributed by atoms with E-state index in [0.717, 1.165) is 35.7 Å². The Morgan fingerprint density at radius 1 is 1.24 bits per heavy atom. The molecule has 21 heavy (non-hydrogen) atoms. The predicted molar refractivity (Wildman–Crippen MR) is 84.0 cm³/mol. The van der Waals surface area contributed by atoms with Crippen LogP contribution in [-0.4, -0.2) is 16.5 Å². The molecule has 1 aromatic heterocycles. The Morgan fingerprint density at radius 2 is 2.00 bits per heavy atom. The van der Waals surface area contributed by atoms with E-state index < -0.39 is 0 Å². The molecule has 0 fully saturated rings. The largest absolute Gasteiger partial charge is 0.370 e. The first-order valence-electron chi connectivity index (χ1n) is 7.19. The van der Waals surface area contributed by atoms with Crippen molar-refractivity contribution in [3.8, 4) is 0 Å². The van der Waals surface area contributed by atoms with E-state index in [1.807, 2.05) is 19.9 Å². The summed E-state index contributed by atoms with van der Waals surface area (Å²) in [5.41, 5.74) is 1.85. The molecule has 4 nitrogen and oxygen atoms in total. The maximum Gasteiger partial charge on any atom is 0.134 e. The maximum absolute atomic E-state index is 13.3. The molecule has 112 valence electrons. The van der Waals surface area contributed by atoms with Gasteiger partial charge in [0.25, 0.3) is 0 Å². The monoisotopic (exact) mass is 288 g/mol. The third-order valence-corrected chi connectivity index (χ3v) is 3.33. The van der Waals surface area contributed by atoms with Gasteiger partial charge in [0.05, 0.1) is 6.04 Å². The second-order valence-corrected chi connectivity index (χ2v) is 5.04. The minimum absolute atomic E-state index is 0.0340.